The minimum atomic E-state index is -0.989. The molecule has 15 heavy (non-hydrogen) atoms. The fourth-order valence-electron chi connectivity index (χ4n) is 1.13. The number of carbonyl (C=O) groups is 2. The molecule has 0 radical (unpaired) electrons. The number of rotatable bonds is 4. The van der Waals surface area contributed by atoms with E-state index in [9.17, 15) is 9.59 Å². The van der Waals surface area contributed by atoms with E-state index in [0.717, 1.165) is 4.47 Å². The van der Waals surface area contributed by atoms with E-state index in [2.05, 4.69) is 15.9 Å². The van der Waals surface area contributed by atoms with Gasteiger partial charge in [0.1, 0.15) is 0 Å². The molecular formula is C10H10BrNO3. The number of carboxylic acid groups (broad SMARTS) is 1. The Bertz CT molecular complexity index is 404. The van der Waals surface area contributed by atoms with Crippen LogP contribution in [0.1, 0.15) is 23.2 Å². The summed E-state index contributed by atoms with van der Waals surface area (Å²) >= 11 is 3.22. The van der Waals surface area contributed by atoms with E-state index in [0.29, 0.717) is 11.3 Å². The molecule has 4 nitrogen and oxygen atoms in total. The summed E-state index contributed by atoms with van der Waals surface area (Å²) in [5.74, 6) is -1.24. The van der Waals surface area contributed by atoms with Crippen molar-refractivity contribution < 1.29 is 14.7 Å². The molecule has 0 atom stereocenters. The Morgan fingerprint density at radius 2 is 2.00 bits per heavy atom. The number of nitrogens with two attached hydrogens (primary N) is 1. The topological polar surface area (TPSA) is 80.4 Å². The zero-order valence-corrected chi connectivity index (χ0v) is 9.45. The highest BCUT2D eigenvalue weighted by Crippen LogP contribution is 2.20. The molecule has 1 aromatic rings. The Labute approximate surface area is 95.2 Å². The minimum absolute atomic E-state index is 0.0318. The molecular weight excluding hydrogens is 262 g/mol. The lowest BCUT2D eigenvalue weighted by Gasteiger charge is -2.04. The van der Waals surface area contributed by atoms with Gasteiger partial charge in [-0.05, 0) is 18.2 Å². The van der Waals surface area contributed by atoms with E-state index in [1.807, 2.05) is 0 Å². The number of halogens is 1. The second-order valence-electron chi connectivity index (χ2n) is 3.05. The summed E-state index contributed by atoms with van der Waals surface area (Å²) in [7, 11) is 0. The fourth-order valence-corrected chi connectivity index (χ4v) is 1.49. The fraction of sp³-hybridized carbons (Fsp3) is 0.200. The molecule has 0 aliphatic rings. The zero-order chi connectivity index (χ0) is 11.4. The van der Waals surface area contributed by atoms with E-state index in [-0.39, 0.29) is 18.6 Å². The Morgan fingerprint density at radius 1 is 1.33 bits per heavy atom. The molecule has 0 saturated heterocycles. The number of hydrogen-bond acceptors (Lipinski definition) is 3. The SMILES string of the molecule is Nc1ccc(Br)cc1C(=O)CCC(=O)O. The van der Waals surface area contributed by atoms with Crippen LogP contribution in [-0.4, -0.2) is 16.9 Å². The van der Waals surface area contributed by atoms with Gasteiger partial charge in [0.2, 0.25) is 0 Å². The summed E-state index contributed by atoms with van der Waals surface area (Å²) in [6.07, 6.45) is -0.208. The van der Waals surface area contributed by atoms with E-state index in [1.54, 1.807) is 18.2 Å². The summed E-state index contributed by atoms with van der Waals surface area (Å²) < 4.78 is 0.746. The summed E-state index contributed by atoms with van der Waals surface area (Å²) in [6, 6.07) is 4.93. The van der Waals surface area contributed by atoms with Crippen molar-refractivity contribution in [3.8, 4) is 0 Å². The maximum atomic E-state index is 11.6. The van der Waals surface area contributed by atoms with Gasteiger partial charge in [0.05, 0.1) is 6.42 Å². The van der Waals surface area contributed by atoms with E-state index in [4.69, 9.17) is 10.8 Å². The highest BCUT2D eigenvalue weighted by Gasteiger charge is 2.11. The molecule has 0 saturated carbocycles. The van der Waals surface area contributed by atoms with Gasteiger partial charge in [-0.2, -0.15) is 0 Å². The van der Waals surface area contributed by atoms with E-state index >= 15 is 0 Å². The molecule has 5 heteroatoms. The molecule has 0 bridgehead atoms. The summed E-state index contributed by atoms with van der Waals surface area (Å²) in [5.41, 5.74) is 6.34. The smallest absolute Gasteiger partial charge is 0.303 e. The van der Waals surface area contributed by atoms with Gasteiger partial charge in [-0.3, -0.25) is 9.59 Å². The average molecular weight is 272 g/mol. The van der Waals surface area contributed by atoms with E-state index in [1.165, 1.54) is 0 Å². The first-order chi connectivity index (χ1) is 7.00. The number of Topliss-reactive ketones (excluding diaryl/α,β-unsaturated/α-hetero) is 1. The third kappa shape index (κ3) is 3.36. The van der Waals surface area contributed by atoms with Crippen LogP contribution >= 0.6 is 15.9 Å². The predicted octanol–water partition coefficient (Wildman–Crippen LogP) is 2.08. The number of carbonyl (C=O) groups excluding carboxylic acids is 1. The van der Waals surface area contributed by atoms with Gasteiger partial charge >= 0.3 is 5.97 Å². The third-order valence-corrected chi connectivity index (χ3v) is 2.37. The van der Waals surface area contributed by atoms with Crippen LogP contribution in [0.2, 0.25) is 0 Å². The normalized spacial score (nSPS) is 9.93. The first kappa shape index (κ1) is 11.7. The van der Waals surface area contributed by atoms with Crippen molar-refractivity contribution in [2.75, 3.05) is 5.73 Å². The largest absolute Gasteiger partial charge is 0.481 e. The van der Waals surface area contributed by atoms with Crippen LogP contribution in [0.3, 0.4) is 0 Å². The molecule has 0 unspecified atom stereocenters. The Morgan fingerprint density at radius 3 is 2.60 bits per heavy atom. The van der Waals surface area contributed by atoms with Crippen LogP contribution in [0.5, 0.6) is 0 Å². The Hall–Kier alpha value is -1.36. The Balaban J connectivity index is 2.81. The number of ketones is 1. The van der Waals surface area contributed by atoms with Gasteiger partial charge in [-0.25, -0.2) is 0 Å². The maximum Gasteiger partial charge on any atom is 0.303 e. The molecule has 1 aromatic carbocycles. The molecule has 1 rings (SSSR count). The first-order valence-corrected chi connectivity index (χ1v) is 5.10. The summed E-state index contributed by atoms with van der Waals surface area (Å²) in [4.78, 5) is 21.9. The van der Waals surface area contributed by atoms with Crippen molar-refractivity contribution in [1.29, 1.82) is 0 Å². The van der Waals surface area contributed by atoms with Gasteiger partial charge in [-0.1, -0.05) is 15.9 Å². The number of nitrogen functional groups attached to an aromatic ring is 1. The quantitative estimate of drug-likeness (QED) is 0.649. The monoisotopic (exact) mass is 271 g/mol. The molecule has 80 valence electrons. The van der Waals surface area contributed by atoms with Crippen molar-refractivity contribution in [1.82, 2.24) is 0 Å². The van der Waals surface area contributed by atoms with Crippen molar-refractivity contribution in [3.05, 3.63) is 28.2 Å². The maximum absolute atomic E-state index is 11.6. The third-order valence-electron chi connectivity index (χ3n) is 1.88. The van der Waals surface area contributed by atoms with Gasteiger partial charge < -0.3 is 10.8 Å². The minimum Gasteiger partial charge on any atom is -0.481 e. The highest BCUT2D eigenvalue weighted by molar-refractivity contribution is 9.10. The van der Waals surface area contributed by atoms with Crippen molar-refractivity contribution >= 4 is 33.4 Å². The number of anilines is 1. The van der Waals surface area contributed by atoms with Crippen LogP contribution in [0.4, 0.5) is 5.69 Å². The van der Waals surface area contributed by atoms with Crippen molar-refractivity contribution in [2.24, 2.45) is 0 Å². The standard InChI is InChI=1S/C10H10BrNO3/c11-6-1-2-8(12)7(5-6)9(13)3-4-10(14)15/h1-2,5H,3-4,12H2,(H,14,15). The lowest BCUT2D eigenvalue weighted by molar-refractivity contribution is -0.136. The van der Waals surface area contributed by atoms with Gasteiger partial charge in [0.15, 0.2) is 5.78 Å². The second-order valence-corrected chi connectivity index (χ2v) is 3.96. The van der Waals surface area contributed by atoms with Gasteiger partial charge in [0, 0.05) is 22.1 Å². The molecule has 0 aliphatic carbocycles. The lowest BCUT2D eigenvalue weighted by atomic mass is 10.1. The highest BCUT2D eigenvalue weighted by atomic mass is 79.9. The number of benzene rings is 1. The van der Waals surface area contributed by atoms with Crippen LogP contribution in [0, 0.1) is 0 Å². The van der Waals surface area contributed by atoms with Crippen molar-refractivity contribution in [3.63, 3.8) is 0 Å². The average Bonchev–Trinajstić information content (AvgIpc) is 2.18. The summed E-state index contributed by atoms with van der Waals surface area (Å²) in [5, 5.41) is 8.44. The Kier molecular flexibility index (Phi) is 3.85. The molecule has 0 fully saturated rings. The summed E-state index contributed by atoms with van der Waals surface area (Å²) in [6.45, 7) is 0. The van der Waals surface area contributed by atoms with Gasteiger partial charge in [0.25, 0.3) is 0 Å². The lowest BCUT2D eigenvalue weighted by Crippen LogP contribution is -2.06. The van der Waals surface area contributed by atoms with Crippen LogP contribution < -0.4 is 5.73 Å². The van der Waals surface area contributed by atoms with Crippen LogP contribution in [-0.2, 0) is 4.79 Å². The van der Waals surface area contributed by atoms with Gasteiger partial charge in [-0.15, -0.1) is 0 Å². The second kappa shape index (κ2) is 4.93. The number of carboxylic acids is 1. The van der Waals surface area contributed by atoms with Crippen LogP contribution in [0.15, 0.2) is 22.7 Å². The number of hydrogen-bond donors (Lipinski definition) is 2. The molecule has 0 heterocycles. The number of aliphatic carboxylic acids is 1. The first-order valence-electron chi connectivity index (χ1n) is 4.30. The molecule has 0 spiro atoms. The predicted molar refractivity (Wildman–Crippen MR) is 59.8 cm³/mol. The molecule has 0 aliphatic heterocycles. The van der Waals surface area contributed by atoms with Crippen LogP contribution in [0.25, 0.3) is 0 Å². The van der Waals surface area contributed by atoms with Crippen molar-refractivity contribution in [2.45, 2.75) is 12.8 Å². The molecule has 3 N–H and O–H groups in total. The van der Waals surface area contributed by atoms with E-state index < -0.39 is 5.97 Å². The molecule has 0 amide bonds. The molecule has 0 aromatic heterocycles. The zero-order valence-electron chi connectivity index (χ0n) is 7.87.